The van der Waals surface area contributed by atoms with E-state index < -0.39 is 0 Å². The van der Waals surface area contributed by atoms with Crippen LogP contribution >= 0.6 is 23.2 Å². The molecule has 270 valence electrons. The summed E-state index contributed by atoms with van der Waals surface area (Å²) in [7, 11) is 0. The van der Waals surface area contributed by atoms with Crippen LogP contribution in [0.4, 0.5) is 17.1 Å². The zero-order chi connectivity index (χ0) is 36.1. The number of hydrazine groups is 2. The van der Waals surface area contributed by atoms with Gasteiger partial charge in [-0.2, -0.15) is 5.26 Å². The van der Waals surface area contributed by atoms with Crippen LogP contribution in [0.15, 0.2) is 66.6 Å². The lowest BCUT2D eigenvalue weighted by Crippen LogP contribution is -2.52. The number of pyridine rings is 1. The van der Waals surface area contributed by atoms with Gasteiger partial charge in [-0.3, -0.25) is 19.8 Å². The molecule has 5 heterocycles. The smallest absolute Gasteiger partial charge is 0.103 e. The number of aromatic nitrogens is 1. The number of nitrogens with one attached hydrogen (secondary N) is 4. The third kappa shape index (κ3) is 6.78. The predicted octanol–water partition coefficient (Wildman–Crippen LogP) is 7.76. The van der Waals surface area contributed by atoms with Gasteiger partial charge in [-0.05, 0) is 87.1 Å². The monoisotopic (exact) mass is 737 g/mol. The van der Waals surface area contributed by atoms with Gasteiger partial charge in [-0.25, -0.2) is 0 Å². The Morgan fingerprint density at radius 3 is 2.50 bits per heavy atom. The van der Waals surface area contributed by atoms with Crippen LogP contribution in [-0.2, 0) is 17.8 Å². The standard InChI is InChI=1S/C40H45Cl2N9O/c1-24-8-9-27(15-34(24)41)45-37-26(17-43)18-44-38-32(37)14-28(16-35(38)42)46-39(31-7-5-6-25-19-49(20-33(25)31)30-22-52-23-30)36-21-51(48-47-36)29-10-12-50(13-11-29)40(2,3)4/h5-9,14-16,18,21,29-30,39,46-48H,10-13,19-20,22-23H2,1-4H3,(H,44,45)/t39-/m0/s1. The first kappa shape index (κ1) is 35.0. The number of hydrogen-bond acceptors (Lipinski definition) is 10. The molecule has 1 aromatic heterocycles. The van der Waals surface area contributed by atoms with Crippen LogP contribution < -0.4 is 21.6 Å². The van der Waals surface area contributed by atoms with E-state index in [9.17, 15) is 5.26 Å². The van der Waals surface area contributed by atoms with E-state index in [1.54, 1.807) is 6.20 Å². The van der Waals surface area contributed by atoms with Crippen LogP contribution in [0.2, 0.25) is 10.0 Å². The Morgan fingerprint density at radius 1 is 1.00 bits per heavy atom. The van der Waals surface area contributed by atoms with Gasteiger partial charge in [0.2, 0.25) is 0 Å². The number of nitrogens with zero attached hydrogens (tertiary/aromatic N) is 5. The first-order valence-corrected chi connectivity index (χ1v) is 18.8. The number of piperidine rings is 1. The molecule has 0 bridgehead atoms. The van der Waals surface area contributed by atoms with E-state index in [0.29, 0.717) is 38.9 Å². The molecule has 4 aliphatic rings. The van der Waals surface area contributed by atoms with Crippen molar-refractivity contribution in [3.63, 3.8) is 0 Å². The SMILES string of the molecule is Cc1ccc(Nc2c(C#N)cnc3c(Cl)cc(N[C@H](C4=CN(C5CCN(C(C)(C)C)CC5)NN4)c4cccc5c4CN(C4COC4)C5)cc23)cc1Cl. The second-order valence-corrected chi connectivity index (χ2v) is 16.2. The highest BCUT2D eigenvalue weighted by Gasteiger charge is 2.36. The summed E-state index contributed by atoms with van der Waals surface area (Å²) in [4.78, 5) is 9.70. The Morgan fingerprint density at radius 2 is 1.79 bits per heavy atom. The number of aryl methyl sites for hydroxylation is 1. The minimum Gasteiger partial charge on any atom is -0.378 e. The van der Waals surface area contributed by atoms with E-state index in [1.807, 2.05) is 37.3 Å². The fourth-order valence-corrected chi connectivity index (χ4v) is 8.25. The fourth-order valence-electron chi connectivity index (χ4n) is 7.80. The van der Waals surface area contributed by atoms with Gasteiger partial charge in [-0.1, -0.05) is 47.5 Å². The molecular weight excluding hydrogens is 693 g/mol. The molecule has 12 heteroatoms. The number of likely N-dealkylation sites (tertiary alicyclic amines) is 1. The molecular formula is C40H45Cl2N9O. The van der Waals surface area contributed by atoms with Gasteiger partial charge in [0.1, 0.15) is 6.07 Å². The quantitative estimate of drug-likeness (QED) is 0.144. The molecule has 0 radical (unpaired) electrons. The molecule has 8 rings (SSSR count). The zero-order valence-electron chi connectivity index (χ0n) is 30.1. The second-order valence-electron chi connectivity index (χ2n) is 15.4. The summed E-state index contributed by atoms with van der Waals surface area (Å²) < 4.78 is 5.56. The van der Waals surface area contributed by atoms with Crippen molar-refractivity contribution in [2.45, 2.75) is 77.3 Å². The number of nitriles is 1. The van der Waals surface area contributed by atoms with Gasteiger partial charge in [-0.15, -0.1) is 5.53 Å². The Kier molecular flexibility index (Phi) is 9.45. The normalized spacial score (nSPS) is 19.2. The lowest BCUT2D eigenvalue weighted by Gasteiger charge is -2.42. The van der Waals surface area contributed by atoms with Gasteiger partial charge in [0, 0.05) is 71.9 Å². The number of rotatable bonds is 8. The summed E-state index contributed by atoms with van der Waals surface area (Å²) in [5.41, 5.74) is 16.3. The number of fused-ring (bicyclic) bond motifs is 2. The molecule has 1 atom stereocenters. The van der Waals surface area contributed by atoms with Crippen molar-refractivity contribution in [3.05, 3.63) is 104 Å². The minimum absolute atomic E-state index is 0.165. The molecule has 0 aliphatic carbocycles. The molecule has 4 aromatic rings. The van der Waals surface area contributed by atoms with Gasteiger partial charge >= 0.3 is 0 Å². The van der Waals surface area contributed by atoms with Crippen molar-refractivity contribution >= 4 is 51.2 Å². The zero-order valence-corrected chi connectivity index (χ0v) is 31.6. The number of anilines is 3. The highest BCUT2D eigenvalue weighted by atomic mass is 35.5. The van der Waals surface area contributed by atoms with E-state index >= 15 is 0 Å². The third-order valence-corrected chi connectivity index (χ3v) is 11.7. The van der Waals surface area contributed by atoms with Crippen LogP contribution in [0.1, 0.15) is 67.5 Å². The van der Waals surface area contributed by atoms with Gasteiger partial charge in [0.05, 0.1) is 52.8 Å². The number of ether oxygens (including phenoxy) is 1. The maximum absolute atomic E-state index is 10.1. The molecule has 4 N–H and O–H groups in total. The molecule has 0 unspecified atom stereocenters. The molecule has 2 saturated heterocycles. The molecule has 0 amide bonds. The van der Waals surface area contributed by atoms with E-state index in [1.165, 1.54) is 16.7 Å². The first-order chi connectivity index (χ1) is 25.1. The lowest BCUT2D eigenvalue weighted by molar-refractivity contribution is -0.0670. The summed E-state index contributed by atoms with van der Waals surface area (Å²) in [5.74, 6) is 0. The summed E-state index contributed by atoms with van der Waals surface area (Å²) in [6.07, 6.45) is 5.94. The Labute approximate surface area is 315 Å². The maximum Gasteiger partial charge on any atom is 0.103 e. The average molecular weight is 739 g/mol. The summed E-state index contributed by atoms with van der Waals surface area (Å²) in [5, 5.41) is 21.6. The van der Waals surface area contributed by atoms with E-state index in [2.05, 4.69) is 92.6 Å². The highest BCUT2D eigenvalue weighted by Crippen LogP contribution is 2.40. The molecule has 4 aliphatic heterocycles. The van der Waals surface area contributed by atoms with Gasteiger partial charge in [0.15, 0.2) is 0 Å². The average Bonchev–Trinajstić information content (AvgIpc) is 3.76. The van der Waals surface area contributed by atoms with E-state index in [4.69, 9.17) is 27.9 Å². The number of hydrogen-bond donors (Lipinski definition) is 4. The molecule has 0 spiro atoms. The van der Waals surface area contributed by atoms with Crippen LogP contribution in [0.25, 0.3) is 10.9 Å². The van der Waals surface area contributed by atoms with Crippen LogP contribution in [0.3, 0.4) is 0 Å². The predicted molar refractivity (Wildman–Crippen MR) is 208 cm³/mol. The van der Waals surface area contributed by atoms with E-state index in [0.717, 1.165) is 80.3 Å². The van der Waals surface area contributed by atoms with E-state index in [-0.39, 0.29) is 11.6 Å². The summed E-state index contributed by atoms with van der Waals surface area (Å²) in [6, 6.07) is 19.3. The highest BCUT2D eigenvalue weighted by molar-refractivity contribution is 6.36. The topological polar surface area (TPSA) is 104 Å². The Hall–Kier alpha value is -4.08. The summed E-state index contributed by atoms with van der Waals surface area (Å²) in [6.45, 7) is 14.3. The summed E-state index contributed by atoms with van der Waals surface area (Å²) >= 11 is 13.5. The van der Waals surface area contributed by atoms with Crippen molar-refractivity contribution in [3.8, 4) is 6.07 Å². The largest absolute Gasteiger partial charge is 0.378 e. The van der Waals surface area contributed by atoms with Crippen molar-refractivity contribution in [2.75, 3.05) is 36.9 Å². The number of halogens is 2. The van der Waals surface area contributed by atoms with Crippen LogP contribution in [0.5, 0.6) is 0 Å². The molecule has 52 heavy (non-hydrogen) atoms. The van der Waals surface area contributed by atoms with Crippen LogP contribution in [-0.4, -0.2) is 63.7 Å². The lowest BCUT2D eigenvalue weighted by atomic mass is 9.95. The van der Waals surface area contributed by atoms with Crippen molar-refractivity contribution in [2.24, 2.45) is 0 Å². The fraction of sp³-hybridized carbons (Fsp3) is 0.400. The molecule has 10 nitrogen and oxygen atoms in total. The maximum atomic E-state index is 10.1. The molecule has 2 fully saturated rings. The first-order valence-electron chi connectivity index (χ1n) is 18.1. The minimum atomic E-state index is -0.229. The van der Waals surface area contributed by atoms with Crippen LogP contribution in [0, 0.1) is 18.3 Å². The van der Waals surface area contributed by atoms with Crippen molar-refractivity contribution < 1.29 is 4.74 Å². The number of benzene rings is 3. The Bertz CT molecular complexity index is 2080. The van der Waals surface area contributed by atoms with Gasteiger partial charge in [0.25, 0.3) is 0 Å². The molecule has 0 saturated carbocycles. The van der Waals surface area contributed by atoms with Crippen molar-refractivity contribution in [1.29, 1.82) is 5.26 Å². The van der Waals surface area contributed by atoms with Crippen molar-refractivity contribution in [1.82, 2.24) is 30.8 Å². The second kappa shape index (κ2) is 14.0. The molecule has 3 aromatic carbocycles. The third-order valence-electron chi connectivity index (χ3n) is 11.0. The van der Waals surface area contributed by atoms with Gasteiger partial charge < -0.3 is 20.8 Å². The Balaban J connectivity index is 1.16.